The molecule has 0 amide bonds. The Kier molecular flexibility index (Phi) is 6.18. The van der Waals surface area contributed by atoms with Crippen LogP contribution in [0.25, 0.3) is 0 Å². The Balaban J connectivity index is 0. The van der Waals surface area contributed by atoms with Gasteiger partial charge in [-0.05, 0) is 62.3 Å². The van der Waals surface area contributed by atoms with Gasteiger partial charge in [-0.3, -0.25) is 0 Å². The molecule has 0 aromatic heterocycles. The van der Waals surface area contributed by atoms with Crippen LogP contribution in [0.5, 0.6) is 0 Å². The summed E-state index contributed by atoms with van der Waals surface area (Å²) in [5.74, 6) is 0. The van der Waals surface area contributed by atoms with Crippen molar-refractivity contribution in [2.75, 3.05) is 0 Å². The summed E-state index contributed by atoms with van der Waals surface area (Å²) >= 11 is 0. The van der Waals surface area contributed by atoms with Gasteiger partial charge in [-0.2, -0.15) is 0 Å². The quantitative estimate of drug-likeness (QED) is 0.453. The van der Waals surface area contributed by atoms with Crippen LogP contribution in [0.3, 0.4) is 0 Å². The molecule has 0 aliphatic heterocycles. The van der Waals surface area contributed by atoms with Crippen LogP contribution >= 0.6 is 7.92 Å². The molecule has 0 aromatic rings. The Morgan fingerprint density at radius 2 is 0.643 bits per heavy atom. The molecule has 0 nitrogen and oxygen atoms in total. The van der Waals surface area contributed by atoms with Gasteiger partial charge in [-0.15, -0.1) is 0 Å². The molecular weight excluding hydrogens is 282 g/mol. The van der Waals surface area contributed by atoms with E-state index in [1.807, 2.05) is 0 Å². The van der Waals surface area contributed by atoms with Gasteiger partial charge in [0, 0.05) is 28.3 Å². The van der Waals surface area contributed by atoms with Crippen LogP contribution in [0.1, 0.15) is 62.3 Å². The molecule has 0 atom stereocenters. The molecule has 0 fully saturated rings. The largest absolute Gasteiger partial charge is 0.0703 e. The van der Waals surface area contributed by atoms with Crippen LogP contribution in [0.4, 0.5) is 0 Å². The second-order valence-electron chi connectivity index (χ2n) is 7.12. The Labute approximate surface area is 106 Å². The maximum atomic E-state index is 2.40. The van der Waals surface area contributed by atoms with Gasteiger partial charge in [0.1, 0.15) is 0 Å². The average molecular weight is 310 g/mol. The van der Waals surface area contributed by atoms with Crippen molar-refractivity contribution in [1.82, 2.24) is 0 Å². The van der Waals surface area contributed by atoms with Gasteiger partial charge in [0.25, 0.3) is 0 Å². The van der Waals surface area contributed by atoms with Crippen LogP contribution in [-0.4, -0.2) is 15.5 Å². The van der Waals surface area contributed by atoms with Crippen LogP contribution in [0, 0.1) is 0 Å². The monoisotopic (exact) mass is 309 g/mol. The third kappa shape index (κ3) is 5.25. The van der Waals surface area contributed by atoms with Crippen LogP contribution < -0.4 is 0 Å². The smallest absolute Gasteiger partial charge is 0.0261 e. The first kappa shape index (κ1) is 17.5. The zero-order valence-corrected chi connectivity index (χ0v) is 13.9. The first-order valence-corrected chi connectivity index (χ1v) is 6.75. The molecule has 14 heavy (non-hydrogen) atoms. The summed E-state index contributed by atoms with van der Waals surface area (Å²) in [5.41, 5.74) is 0. The van der Waals surface area contributed by atoms with Gasteiger partial charge in [0.2, 0.25) is 0 Å². The van der Waals surface area contributed by atoms with Crippen molar-refractivity contribution in [2.45, 2.75) is 77.8 Å². The van der Waals surface area contributed by atoms with E-state index in [1.54, 1.807) is 0 Å². The van der Waals surface area contributed by atoms with Gasteiger partial charge in [-0.25, -0.2) is 0 Å². The summed E-state index contributed by atoms with van der Waals surface area (Å²) < 4.78 is 0. The van der Waals surface area contributed by atoms with E-state index in [9.17, 15) is 0 Å². The Morgan fingerprint density at radius 3 is 0.643 bits per heavy atom. The zero-order valence-electron chi connectivity index (χ0n) is 11.3. The van der Waals surface area contributed by atoms with Crippen LogP contribution in [0.15, 0.2) is 0 Å². The third-order valence-corrected chi connectivity index (χ3v) is 6.75. The molecule has 0 spiro atoms. The molecule has 0 saturated carbocycles. The summed E-state index contributed by atoms with van der Waals surface area (Å²) in [6.45, 7) is 21.6. The van der Waals surface area contributed by atoms with E-state index >= 15 is 0 Å². The zero-order chi connectivity index (χ0) is 11.1. The summed E-state index contributed by atoms with van der Waals surface area (Å²) in [6, 6.07) is 0. The van der Waals surface area contributed by atoms with Crippen molar-refractivity contribution in [3.05, 3.63) is 0 Å². The van der Waals surface area contributed by atoms with E-state index in [4.69, 9.17) is 0 Å². The Hall–Kier alpha value is 1.09. The van der Waals surface area contributed by atoms with Crippen molar-refractivity contribution >= 4 is 7.92 Å². The third-order valence-electron chi connectivity index (χ3n) is 2.25. The van der Waals surface area contributed by atoms with Gasteiger partial charge < -0.3 is 0 Å². The first-order valence-electron chi connectivity index (χ1n) is 5.25. The average Bonchev–Trinajstić information content (AvgIpc) is 1.44. The normalized spacial score (nSPS) is 14.1. The van der Waals surface area contributed by atoms with Gasteiger partial charge in [0.15, 0.2) is 0 Å². The predicted molar refractivity (Wildman–Crippen MR) is 67.6 cm³/mol. The fourth-order valence-electron chi connectivity index (χ4n) is 3.38. The molecule has 0 aromatic carbocycles. The molecule has 0 unspecified atom stereocenters. The summed E-state index contributed by atoms with van der Waals surface area (Å²) in [5, 5.41) is 1.46. The molecule has 0 N–H and O–H groups in total. The molecule has 0 heterocycles. The van der Waals surface area contributed by atoms with E-state index in [0.29, 0.717) is 15.5 Å². The number of hydrogen-bond acceptors (Lipinski definition) is 0. The van der Waals surface area contributed by atoms with Crippen molar-refractivity contribution in [2.24, 2.45) is 0 Å². The molecule has 0 rings (SSSR count). The van der Waals surface area contributed by atoms with E-state index in [1.165, 1.54) is 0 Å². The SMILES string of the molecule is CC(C)(C)[PH+](C(C)(C)C)C(C)(C)C.[Pd]. The molecule has 0 aliphatic carbocycles. The summed E-state index contributed by atoms with van der Waals surface area (Å²) in [4.78, 5) is 0. The first-order chi connectivity index (χ1) is 5.37. The Bertz CT molecular complexity index is 133. The van der Waals surface area contributed by atoms with Crippen LogP contribution in [0.2, 0.25) is 0 Å². The Morgan fingerprint density at radius 1 is 0.500 bits per heavy atom. The molecule has 0 radical (unpaired) electrons. The van der Waals surface area contributed by atoms with Crippen molar-refractivity contribution in [3.63, 3.8) is 0 Å². The molecular formula is C12H28PPd+. The molecule has 0 aliphatic rings. The topological polar surface area (TPSA) is 0 Å². The second-order valence-corrected chi connectivity index (χ2v) is 12.4. The second kappa shape index (κ2) is 4.95. The fraction of sp³-hybridized carbons (Fsp3) is 1.00. The van der Waals surface area contributed by atoms with Crippen molar-refractivity contribution in [1.29, 1.82) is 0 Å². The molecule has 2 heteroatoms. The number of hydrogen-bond donors (Lipinski definition) is 0. The standard InChI is InChI=1S/C12H27P.Pd/c1-10(2,3)13(11(4,5)6)12(7,8)9;/h1-9H3;/p+1. The predicted octanol–water partition coefficient (Wildman–Crippen LogP) is 4.59. The van der Waals surface area contributed by atoms with E-state index in [0.717, 1.165) is 0 Å². The molecule has 0 bridgehead atoms. The van der Waals surface area contributed by atoms with Crippen LogP contribution in [-0.2, 0) is 20.4 Å². The van der Waals surface area contributed by atoms with Gasteiger partial charge in [0.05, 0.1) is 15.5 Å². The molecule has 0 saturated heterocycles. The summed E-state index contributed by atoms with van der Waals surface area (Å²) in [7, 11) is -0.391. The van der Waals surface area contributed by atoms with Gasteiger partial charge in [-0.1, -0.05) is 0 Å². The maximum Gasteiger partial charge on any atom is 0.0703 e. The fourth-order valence-corrected chi connectivity index (χ4v) is 10.1. The van der Waals surface area contributed by atoms with E-state index < -0.39 is 7.92 Å². The van der Waals surface area contributed by atoms with E-state index in [-0.39, 0.29) is 20.4 Å². The minimum Gasteiger partial charge on any atom is -0.0261 e. The minimum absolute atomic E-state index is 0. The van der Waals surface area contributed by atoms with Crippen molar-refractivity contribution < 1.29 is 20.4 Å². The molecule has 90 valence electrons. The van der Waals surface area contributed by atoms with Gasteiger partial charge >= 0.3 is 0 Å². The van der Waals surface area contributed by atoms with E-state index in [2.05, 4.69) is 62.3 Å². The van der Waals surface area contributed by atoms with Crippen molar-refractivity contribution in [3.8, 4) is 0 Å². The summed E-state index contributed by atoms with van der Waals surface area (Å²) in [6.07, 6.45) is 0. The maximum absolute atomic E-state index is 2.40. The minimum atomic E-state index is -0.391. The number of rotatable bonds is 0.